The number of aromatic nitrogens is 4. The summed E-state index contributed by atoms with van der Waals surface area (Å²) in [5.74, 6) is -0.00199. The van der Waals surface area contributed by atoms with Gasteiger partial charge in [0.2, 0.25) is 5.91 Å². The van der Waals surface area contributed by atoms with Gasteiger partial charge in [0.1, 0.15) is 5.82 Å². The van der Waals surface area contributed by atoms with Crippen molar-refractivity contribution in [3.05, 3.63) is 90.5 Å². The van der Waals surface area contributed by atoms with Crippen molar-refractivity contribution >= 4 is 17.7 Å². The molecule has 2 aromatic heterocycles. The monoisotopic (exact) mass is 419 g/mol. The number of hydrogen-bond donors (Lipinski definition) is 1. The summed E-state index contributed by atoms with van der Waals surface area (Å²) < 4.78 is 16.2. The number of nitrogens with one attached hydrogen (secondary N) is 1. The highest BCUT2D eigenvalue weighted by molar-refractivity contribution is 7.99. The number of para-hydroxylation sites is 1. The van der Waals surface area contributed by atoms with Crippen LogP contribution < -0.4 is 5.32 Å². The summed E-state index contributed by atoms with van der Waals surface area (Å²) >= 11 is 1.24. The van der Waals surface area contributed by atoms with Gasteiger partial charge >= 0.3 is 0 Å². The van der Waals surface area contributed by atoms with Crippen molar-refractivity contribution in [3.8, 4) is 17.1 Å². The minimum atomic E-state index is -0.383. The van der Waals surface area contributed by atoms with Crippen LogP contribution in [0.15, 0.2) is 84.1 Å². The average Bonchev–Trinajstić information content (AvgIpc) is 3.21. The number of halogens is 1. The molecule has 0 spiro atoms. The van der Waals surface area contributed by atoms with Gasteiger partial charge in [0.25, 0.3) is 0 Å². The van der Waals surface area contributed by atoms with E-state index in [-0.39, 0.29) is 17.5 Å². The number of nitrogens with zero attached hydrogens (tertiary/aromatic N) is 4. The summed E-state index contributed by atoms with van der Waals surface area (Å²) in [5, 5.41) is 11.8. The molecule has 0 saturated carbocycles. The zero-order valence-corrected chi connectivity index (χ0v) is 16.7. The van der Waals surface area contributed by atoms with E-state index in [0.717, 1.165) is 11.4 Å². The normalized spacial score (nSPS) is 10.7. The van der Waals surface area contributed by atoms with Crippen LogP contribution in [0.1, 0.15) is 5.69 Å². The second kappa shape index (κ2) is 9.32. The zero-order valence-electron chi connectivity index (χ0n) is 15.9. The summed E-state index contributed by atoms with van der Waals surface area (Å²) in [7, 11) is 0. The van der Waals surface area contributed by atoms with Gasteiger partial charge < -0.3 is 5.32 Å². The van der Waals surface area contributed by atoms with Gasteiger partial charge in [0.15, 0.2) is 11.0 Å². The zero-order chi connectivity index (χ0) is 20.8. The van der Waals surface area contributed by atoms with Gasteiger partial charge in [-0.3, -0.25) is 14.3 Å². The summed E-state index contributed by atoms with van der Waals surface area (Å²) in [6, 6.07) is 21.4. The second-order valence-electron chi connectivity index (χ2n) is 6.34. The highest BCUT2D eigenvalue weighted by Gasteiger charge is 2.19. The third-order valence-corrected chi connectivity index (χ3v) is 5.22. The molecule has 0 fully saturated rings. The van der Waals surface area contributed by atoms with Crippen LogP contribution in [0, 0.1) is 5.82 Å². The van der Waals surface area contributed by atoms with Crippen molar-refractivity contribution in [1.82, 2.24) is 25.1 Å². The number of pyridine rings is 1. The molecule has 0 aliphatic carbocycles. The third-order valence-electron chi connectivity index (χ3n) is 4.29. The standard InChI is InChI=1S/C22H18FN5OS/c23-19-12-5-4-11-18(19)21-26-27-22(28(21)17-9-2-1-3-10-17)30-15-20(29)25-14-16-8-6-7-13-24-16/h1-13H,14-15H2,(H,25,29). The minimum Gasteiger partial charge on any atom is -0.350 e. The summed E-state index contributed by atoms with van der Waals surface area (Å²) in [6.45, 7) is 0.353. The van der Waals surface area contributed by atoms with Crippen LogP contribution in [-0.4, -0.2) is 31.4 Å². The van der Waals surface area contributed by atoms with Crippen LogP contribution >= 0.6 is 11.8 Å². The Morgan fingerprint density at radius 1 is 0.967 bits per heavy atom. The Morgan fingerprint density at radius 3 is 2.50 bits per heavy atom. The van der Waals surface area contributed by atoms with E-state index in [4.69, 9.17) is 0 Å². The Morgan fingerprint density at radius 2 is 1.73 bits per heavy atom. The maximum absolute atomic E-state index is 14.4. The molecule has 8 heteroatoms. The Bertz CT molecular complexity index is 1130. The highest BCUT2D eigenvalue weighted by atomic mass is 32.2. The molecule has 4 rings (SSSR count). The highest BCUT2D eigenvalue weighted by Crippen LogP contribution is 2.29. The molecule has 0 saturated heterocycles. The largest absolute Gasteiger partial charge is 0.350 e. The Hall–Kier alpha value is -3.52. The minimum absolute atomic E-state index is 0.148. The molecule has 0 bridgehead atoms. The molecule has 0 radical (unpaired) electrons. The summed E-state index contributed by atoms with van der Waals surface area (Å²) in [5.41, 5.74) is 1.92. The number of carbonyl (C=O) groups is 1. The number of rotatable bonds is 7. The lowest BCUT2D eigenvalue weighted by Gasteiger charge is -2.11. The van der Waals surface area contributed by atoms with Crippen LogP contribution in [0.5, 0.6) is 0 Å². The number of carbonyl (C=O) groups excluding carboxylic acids is 1. The van der Waals surface area contributed by atoms with Gasteiger partial charge in [0, 0.05) is 11.9 Å². The van der Waals surface area contributed by atoms with Crippen LogP contribution in [0.2, 0.25) is 0 Å². The first-order valence-corrected chi connectivity index (χ1v) is 10.3. The van der Waals surface area contributed by atoms with E-state index in [1.165, 1.54) is 17.8 Å². The van der Waals surface area contributed by atoms with E-state index in [0.29, 0.717) is 23.1 Å². The summed E-state index contributed by atoms with van der Waals surface area (Å²) in [4.78, 5) is 16.5. The molecular formula is C22H18FN5OS. The predicted octanol–water partition coefficient (Wildman–Crippen LogP) is 3.88. The molecule has 0 aliphatic rings. The van der Waals surface area contributed by atoms with Gasteiger partial charge in [-0.1, -0.05) is 48.2 Å². The van der Waals surface area contributed by atoms with Crippen molar-refractivity contribution in [1.29, 1.82) is 0 Å². The molecule has 0 aliphatic heterocycles. The van der Waals surface area contributed by atoms with E-state index in [1.54, 1.807) is 29.0 Å². The Balaban J connectivity index is 1.55. The first-order valence-electron chi connectivity index (χ1n) is 9.27. The van der Waals surface area contributed by atoms with Crippen molar-refractivity contribution in [2.45, 2.75) is 11.7 Å². The van der Waals surface area contributed by atoms with Crippen molar-refractivity contribution in [2.75, 3.05) is 5.75 Å². The Labute approximate surface area is 177 Å². The van der Waals surface area contributed by atoms with Gasteiger partial charge in [-0.15, -0.1) is 10.2 Å². The summed E-state index contributed by atoms with van der Waals surface area (Å²) in [6.07, 6.45) is 1.68. The first kappa shape index (κ1) is 19.8. The van der Waals surface area contributed by atoms with Crippen LogP contribution in [0.4, 0.5) is 4.39 Å². The third kappa shape index (κ3) is 4.55. The van der Waals surface area contributed by atoms with Crippen molar-refractivity contribution in [2.24, 2.45) is 0 Å². The molecule has 2 heterocycles. The fraction of sp³-hybridized carbons (Fsp3) is 0.0909. The number of thioether (sulfide) groups is 1. The average molecular weight is 419 g/mol. The maximum atomic E-state index is 14.4. The fourth-order valence-corrected chi connectivity index (χ4v) is 3.65. The van der Waals surface area contributed by atoms with E-state index in [1.807, 2.05) is 48.5 Å². The van der Waals surface area contributed by atoms with Crippen molar-refractivity contribution < 1.29 is 9.18 Å². The van der Waals surface area contributed by atoms with Gasteiger partial charge in [0.05, 0.1) is 23.6 Å². The second-order valence-corrected chi connectivity index (χ2v) is 7.29. The molecule has 150 valence electrons. The van der Waals surface area contributed by atoms with E-state index in [9.17, 15) is 9.18 Å². The molecule has 2 aromatic carbocycles. The molecule has 1 amide bonds. The Kier molecular flexibility index (Phi) is 6.14. The van der Waals surface area contributed by atoms with E-state index < -0.39 is 0 Å². The van der Waals surface area contributed by atoms with Gasteiger partial charge in [-0.2, -0.15) is 0 Å². The van der Waals surface area contributed by atoms with E-state index >= 15 is 0 Å². The lowest BCUT2D eigenvalue weighted by atomic mass is 10.2. The molecule has 30 heavy (non-hydrogen) atoms. The van der Waals surface area contributed by atoms with Crippen LogP contribution in [-0.2, 0) is 11.3 Å². The lowest BCUT2D eigenvalue weighted by molar-refractivity contribution is -0.118. The smallest absolute Gasteiger partial charge is 0.230 e. The van der Waals surface area contributed by atoms with Crippen LogP contribution in [0.3, 0.4) is 0 Å². The lowest BCUT2D eigenvalue weighted by Crippen LogP contribution is -2.25. The van der Waals surface area contributed by atoms with Crippen LogP contribution in [0.25, 0.3) is 17.1 Å². The van der Waals surface area contributed by atoms with E-state index in [2.05, 4.69) is 20.5 Å². The SMILES string of the molecule is O=C(CSc1nnc(-c2ccccc2F)n1-c1ccccc1)NCc1ccccn1. The van der Waals surface area contributed by atoms with Crippen molar-refractivity contribution in [3.63, 3.8) is 0 Å². The molecule has 1 N–H and O–H groups in total. The first-order chi connectivity index (χ1) is 14.7. The molecule has 0 unspecified atom stereocenters. The molecule has 4 aromatic rings. The molecular weight excluding hydrogens is 401 g/mol. The number of hydrogen-bond acceptors (Lipinski definition) is 5. The number of amides is 1. The molecule has 0 atom stereocenters. The topological polar surface area (TPSA) is 72.7 Å². The number of benzene rings is 2. The maximum Gasteiger partial charge on any atom is 0.230 e. The fourth-order valence-electron chi connectivity index (χ4n) is 2.86. The quantitative estimate of drug-likeness (QED) is 0.460. The molecule has 6 nitrogen and oxygen atoms in total. The van der Waals surface area contributed by atoms with Gasteiger partial charge in [-0.25, -0.2) is 4.39 Å². The van der Waals surface area contributed by atoms with Gasteiger partial charge in [-0.05, 0) is 36.4 Å². The predicted molar refractivity (Wildman–Crippen MR) is 114 cm³/mol.